The molecule has 1 aromatic carbocycles. The molecule has 118 valence electrons. The molecule has 4 nitrogen and oxygen atoms in total. The van der Waals surface area contributed by atoms with Gasteiger partial charge in [0.05, 0.1) is 11.4 Å². The zero-order valence-corrected chi connectivity index (χ0v) is 13.8. The third-order valence-corrected chi connectivity index (χ3v) is 5.84. The molecule has 3 atom stereocenters. The highest BCUT2D eigenvalue weighted by molar-refractivity contribution is 7.91. The van der Waals surface area contributed by atoms with Gasteiger partial charge >= 0.3 is 0 Å². The van der Waals surface area contributed by atoms with Gasteiger partial charge in [0, 0.05) is 18.7 Å². The van der Waals surface area contributed by atoms with Crippen molar-refractivity contribution in [3.8, 4) is 5.75 Å². The molecule has 2 N–H and O–H groups in total. The number of nitrogens with two attached hydrogens (primary N) is 1. The maximum atomic E-state index is 11.7. The summed E-state index contributed by atoms with van der Waals surface area (Å²) in [6.07, 6.45) is 4.47. The SMILES string of the molecule is Cc1cc([C@@H](C)N)ccc1OC1CCCC(S(C)(=O)=O)C1. The Morgan fingerprint density at radius 3 is 2.62 bits per heavy atom. The van der Waals surface area contributed by atoms with E-state index in [1.807, 2.05) is 32.0 Å². The molecule has 2 unspecified atom stereocenters. The van der Waals surface area contributed by atoms with E-state index in [1.54, 1.807) is 0 Å². The Balaban J connectivity index is 2.08. The highest BCUT2D eigenvalue weighted by Gasteiger charge is 2.30. The molecule has 1 fully saturated rings. The Bertz CT molecular complexity index is 596. The van der Waals surface area contributed by atoms with Crippen molar-refractivity contribution in [2.24, 2.45) is 5.73 Å². The summed E-state index contributed by atoms with van der Waals surface area (Å²) in [5.74, 6) is 0.832. The van der Waals surface area contributed by atoms with Crippen molar-refractivity contribution in [3.05, 3.63) is 29.3 Å². The first-order chi connectivity index (χ1) is 9.77. The minimum Gasteiger partial charge on any atom is -0.490 e. The van der Waals surface area contributed by atoms with Crippen molar-refractivity contribution in [3.63, 3.8) is 0 Å². The van der Waals surface area contributed by atoms with Crippen molar-refractivity contribution in [1.29, 1.82) is 0 Å². The van der Waals surface area contributed by atoms with E-state index in [4.69, 9.17) is 10.5 Å². The molecule has 1 aromatic rings. The number of hydrogen-bond acceptors (Lipinski definition) is 4. The molecule has 0 heterocycles. The standard InChI is InChI=1S/C16H25NO3S/c1-11-9-13(12(2)17)7-8-16(11)20-14-5-4-6-15(10-14)21(3,18)19/h7-9,12,14-15H,4-6,10,17H2,1-3H3/t12-,14?,15?/m1/s1. The van der Waals surface area contributed by atoms with Gasteiger partial charge in [-0.05, 0) is 50.3 Å². The second kappa shape index (κ2) is 6.36. The molecule has 0 aliphatic heterocycles. The van der Waals surface area contributed by atoms with Crippen LogP contribution in [0.4, 0.5) is 0 Å². The molecule has 1 saturated carbocycles. The fourth-order valence-corrected chi connectivity index (χ4v) is 4.02. The first-order valence-electron chi connectivity index (χ1n) is 7.49. The molecule has 0 aromatic heterocycles. The summed E-state index contributed by atoms with van der Waals surface area (Å²) < 4.78 is 29.4. The van der Waals surface area contributed by atoms with E-state index < -0.39 is 9.84 Å². The largest absolute Gasteiger partial charge is 0.490 e. The van der Waals surface area contributed by atoms with Crippen molar-refractivity contribution >= 4 is 9.84 Å². The zero-order chi connectivity index (χ0) is 15.6. The predicted octanol–water partition coefficient (Wildman–Crippen LogP) is 2.75. The maximum Gasteiger partial charge on any atom is 0.150 e. The molecule has 0 bridgehead atoms. The molecule has 1 aliphatic rings. The average Bonchev–Trinajstić information content (AvgIpc) is 2.40. The van der Waals surface area contributed by atoms with Gasteiger partial charge in [0.2, 0.25) is 0 Å². The summed E-state index contributed by atoms with van der Waals surface area (Å²) in [4.78, 5) is 0. The minimum atomic E-state index is -2.98. The summed E-state index contributed by atoms with van der Waals surface area (Å²) in [5, 5.41) is -0.264. The van der Waals surface area contributed by atoms with E-state index in [0.717, 1.165) is 36.1 Å². The predicted molar refractivity (Wildman–Crippen MR) is 85.3 cm³/mol. The van der Waals surface area contributed by atoms with Crippen LogP contribution in [0.1, 0.15) is 49.8 Å². The number of benzene rings is 1. The Morgan fingerprint density at radius 1 is 1.33 bits per heavy atom. The second-order valence-electron chi connectivity index (χ2n) is 6.17. The summed E-state index contributed by atoms with van der Waals surface area (Å²) in [6, 6.07) is 5.96. The highest BCUT2D eigenvalue weighted by Crippen LogP contribution is 2.29. The van der Waals surface area contributed by atoms with Gasteiger partial charge in [-0.15, -0.1) is 0 Å². The number of sulfone groups is 1. The van der Waals surface area contributed by atoms with Gasteiger partial charge < -0.3 is 10.5 Å². The Labute approximate surface area is 127 Å². The van der Waals surface area contributed by atoms with Gasteiger partial charge in [0.15, 0.2) is 0 Å². The van der Waals surface area contributed by atoms with Crippen LogP contribution >= 0.6 is 0 Å². The molecule has 5 heteroatoms. The number of ether oxygens (including phenoxy) is 1. The van der Waals surface area contributed by atoms with Crippen LogP contribution in [0.25, 0.3) is 0 Å². The van der Waals surface area contributed by atoms with Crippen LogP contribution in [0, 0.1) is 6.92 Å². The quantitative estimate of drug-likeness (QED) is 0.928. The monoisotopic (exact) mass is 311 g/mol. The Kier molecular flexibility index (Phi) is 4.94. The number of hydrogen-bond donors (Lipinski definition) is 1. The lowest BCUT2D eigenvalue weighted by Gasteiger charge is -2.29. The molecular weight excluding hydrogens is 286 g/mol. The third-order valence-electron chi connectivity index (χ3n) is 4.20. The zero-order valence-electron chi connectivity index (χ0n) is 13.0. The van der Waals surface area contributed by atoms with E-state index in [2.05, 4.69) is 0 Å². The summed E-state index contributed by atoms with van der Waals surface area (Å²) in [7, 11) is -2.98. The molecular formula is C16H25NO3S. The summed E-state index contributed by atoms with van der Waals surface area (Å²) >= 11 is 0. The van der Waals surface area contributed by atoms with Gasteiger partial charge in [0.1, 0.15) is 15.6 Å². The van der Waals surface area contributed by atoms with Crippen LogP contribution in [0.15, 0.2) is 18.2 Å². The first-order valence-corrected chi connectivity index (χ1v) is 9.44. The normalized spacial score (nSPS) is 24.6. The van der Waals surface area contributed by atoms with Crippen LogP contribution in [0.5, 0.6) is 5.75 Å². The van der Waals surface area contributed by atoms with Crippen LogP contribution < -0.4 is 10.5 Å². The summed E-state index contributed by atoms with van der Waals surface area (Å²) in [6.45, 7) is 3.95. The van der Waals surface area contributed by atoms with Gasteiger partial charge in [0.25, 0.3) is 0 Å². The van der Waals surface area contributed by atoms with Crippen LogP contribution in [0.3, 0.4) is 0 Å². The van der Waals surface area contributed by atoms with E-state index in [0.29, 0.717) is 6.42 Å². The first kappa shape index (κ1) is 16.3. The molecule has 0 radical (unpaired) electrons. The Hall–Kier alpha value is -1.07. The molecule has 2 rings (SSSR count). The molecule has 0 saturated heterocycles. The minimum absolute atomic E-state index is 0.00189. The Morgan fingerprint density at radius 2 is 2.05 bits per heavy atom. The fraction of sp³-hybridized carbons (Fsp3) is 0.625. The van der Waals surface area contributed by atoms with E-state index in [-0.39, 0.29) is 17.4 Å². The second-order valence-corrected chi connectivity index (χ2v) is 8.50. The van der Waals surface area contributed by atoms with Gasteiger partial charge in [-0.3, -0.25) is 0 Å². The number of rotatable bonds is 4. The van der Waals surface area contributed by atoms with E-state index >= 15 is 0 Å². The fourth-order valence-electron chi connectivity index (χ4n) is 2.87. The molecule has 0 amide bonds. The molecule has 21 heavy (non-hydrogen) atoms. The lowest BCUT2D eigenvalue weighted by molar-refractivity contribution is 0.155. The van der Waals surface area contributed by atoms with Crippen molar-refractivity contribution in [2.45, 2.75) is 56.9 Å². The van der Waals surface area contributed by atoms with Crippen LogP contribution in [-0.2, 0) is 9.84 Å². The molecule has 0 spiro atoms. The van der Waals surface area contributed by atoms with Gasteiger partial charge in [-0.25, -0.2) is 8.42 Å². The van der Waals surface area contributed by atoms with Crippen molar-refractivity contribution in [1.82, 2.24) is 0 Å². The molecule has 1 aliphatic carbocycles. The van der Waals surface area contributed by atoms with E-state index in [9.17, 15) is 8.42 Å². The highest BCUT2D eigenvalue weighted by atomic mass is 32.2. The lowest BCUT2D eigenvalue weighted by atomic mass is 9.97. The number of aryl methyl sites for hydroxylation is 1. The van der Waals surface area contributed by atoms with E-state index in [1.165, 1.54) is 6.26 Å². The van der Waals surface area contributed by atoms with Gasteiger partial charge in [-0.2, -0.15) is 0 Å². The van der Waals surface area contributed by atoms with Crippen molar-refractivity contribution in [2.75, 3.05) is 6.26 Å². The third kappa shape index (κ3) is 4.20. The smallest absolute Gasteiger partial charge is 0.150 e. The lowest BCUT2D eigenvalue weighted by Crippen LogP contribution is -2.33. The summed E-state index contributed by atoms with van der Waals surface area (Å²) in [5.41, 5.74) is 8.00. The average molecular weight is 311 g/mol. The van der Waals surface area contributed by atoms with Crippen molar-refractivity contribution < 1.29 is 13.2 Å². The van der Waals surface area contributed by atoms with Crippen LogP contribution in [-0.4, -0.2) is 26.0 Å². The van der Waals surface area contributed by atoms with Gasteiger partial charge in [-0.1, -0.05) is 12.1 Å². The topological polar surface area (TPSA) is 69.4 Å². The maximum absolute atomic E-state index is 11.7. The van der Waals surface area contributed by atoms with Crippen LogP contribution in [0.2, 0.25) is 0 Å².